The molecule has 0 aliphatic heterocycles. The Kier molecular flexibility index (Phi) is 5.26. The fraction of sp³-hybridized carbons (Fsp3) is 0.538. The number of hydrogen-bond acceptors (Lipinski definition) is 2. The third kappa shape index (κ3) is 4.12. The van der Waals surface area contributed by atoms with Crippen molar-refractivity contribution in [2.24, 2.45) is 5.73 Å². The molecule has 0 spiro atoms. The maximum atomic E-state index is 5.87. The van der Waals surface area contributed by atoms with Crippen LogP contribution < -0.4 is 5.73 Å². The highest BCUT2D eigenvalue weighted by molar-refractivity contribution is 5.85. The second kappa shape index (κ2) is 6.24. The van der Waals surface area contributed by atoms with E-state index in [0.717, 1.165) is 19.1 Å². The standard InChI is InChI=1S/C13H20N2.ClH/c1-11(14)9-15(13-7-8-13)10-12-5-3-2-4-6-12;/h2-6,11,13H,7-10,14H2,1H3;1H. The van der Waals surface area contributed by atoms with E-state index in [4.69, 9.17) is 5.73 Å². The van der Waals surface area contributed by atoms with E-state index in [0.29, 0.717) is 0 Å². The summed E-state index contributed by atoms with van der Waals surface area (Å²) in [5, 5.41) is 0. The Bertz CT molecular complexity index is 296. The molecular weight excluding hydrogens is 220 g/mol. The van der Waals surface area contributed by atoms with E-state index in [2.05, 4.69) is 42.2 Å². The maximum absolute atomic E-state index is 5.87. The number of nitrogens with zero attached hydrogens (tertiary/aromatic N) is 1. The molecule has 0 saturated heterocycles. The van der Waals surface area contributed by atoms with Gasteiger partial charge in [-0.2, -0.15) is 0 Å². The number of hydrogen-bond donors (Lipinski definition) is 1. The van der Waals surface area contributed by atoms with Crippen molar-refractivity contribution in [1.29, 1.82) is 0 Å². The van der Waals surface area contributed by atoms with Gasteiger partial charge in [0.15, 0.2) is 0 Å². The van der Waals surface area contributed by atoms with E-state index in [1.807, 2.05) is 0 Å². The zero-order valence-corrected chi connectivity index (χ0v) is 10.6. The first-order valence-electron chi connectivity index (χ1n) is 5.79. The van der Waals surface area contributed by atoms with E-state index in [1.54, 1.807) is 0 Å². The summed E-state index contributed by atoms with van der Waals surface area (Å²) < 4.78 is 0. The van der Waals surface area contributed by atoms with Crippen molar-refractivity contribution in [1.82, 2.24) is 4.90 Å². The Morgan fingerprint density at radius 3 is 2.44 bits per heavy atom. The molecule has 1 aromatic carbocycles. The molecular formula is C13H21ClN2. The Morgan fingerprint density at radius 2 is 1.94 bits per heavy atom. The molecule has 3 heteroatoms. The van der Waals surface area contributed by atoms with Gasteiger partial charge in [0.2, 0.25) is 0 Å². The Labute approximate surface area is 104 Å². The van der Waals surface area contributed by atoms with Crippen LogP contribution in [0, 0.1) is 0 Å². The first-order chi connectivity index (χ1) is 7.25. The Morgan fingerprint density at radius 1 is 1.31 bits per heavy atom. The summed E-state index contributed by atoms with van der Waals surface area (Å²) in [4.78, 5) is 2.51. The molecule has 1 saturated carbocycles. The second-order valence-corrected chi connectivity index (χ2v) is 4.62. The summed E-state index contributed by atoms with van der Waals surface area (Å²) in [5.74, 6) is 0. The molecule has 1 aliphatic rings. The number of benzene rings is 1. The molecule has 1 unspecified atom stereocenters. The molecule has 2 N–H and O–H groups in total. The van der Waals surface area contributed by atoms with Gasteiger partial charge in [0, 0.05) is 25.2 Å². The van der Waals surface area contributed by atoms with E-state index in [1.165, 1.54) is 18.4 Å². The molecule has 1 atom stereocenters. The van der Waals surface area contributed by atoms with Crippen molar-refractivity contribution in [3.05, 3.63) is 35.9 Å². The van der Waals surface area contributed by atoms with Gasteiger partial charge in [-0.3, -0.25) is 4.90 Å². The summed E-state index contributed by atoms with van der Waals surface area (Å²) in [5.41, 5.74) is 7.26. The normalized spacial score (nSPS) is 16.9. The molecule has 1 fully saturated rings. The van der Waals surface area contributed by atoms with Crippen LogP contribution >= 0.6 is 12.4 Å². The molecule has 1 aromatic rings. The van der Waals surface area contributed by atoms with E-state index < -0.39 is 0 Å². The quantitative estimate of drug-likeness (QED) is 0.857. The summed E-state index contributed by atoms with van der Waals surface area (Å²) in [6, 6.07) is 11.7. The van der Waals surface area contributed by atoms with E-state index in [-0.39, 0.29) is 18.4 Å². The number of rotatable bonds is 5. The van der Waals surface area contributed by atoms with Crippen LogP contribution in [0.25, 0.3) is 0 Å². The summed E-state index contributed by atoms with van der Waals surface area (Å²) >= 11 is 0. The van der Waals surface area contributed by atoms with Crippen LogP contribution in [0.1, 0.15) is 25.3 Å². The third-order valence-corrected chi connectivity index (χ3v) is 2.81. The molecule has 1 aliphatic carbocycles. The topological polar surface area (TPSA) is 29.3 Å². The van der Waals surface area contributed by atoms with Gasteiger partial charge >= 0.3 is 0 Å². The zero-order chi connectivity index (χ0) is 10.7. The van der Waals surface area contributed by atoms with Crippen LogP contribution in [0.3, 0.4) is 0 Å². The molecule has 0 amide bonds. The minimum Gasteiger partial charge on any atom is -0.327 e. The first kappa shape index (κ1) is 13.5. The van der Waals surface area contributed by atoms with Gasteiger partial charge in [0.25, 0.3) is 0 Å². The van der Waals surface area contributed by atoms with Crippen molar-refractivity contribution >= 4 is 12.4 Å². The number of nitrogens with two attached hydrogens (primary N) is 1. The zero-order valence-electron chi connectivity index (χ0n) is 9.80. The van der Waals surface area contributed by atoms with Crippen LogP contribution in [0.15, 0.2) is 30.3 Å². The van der Waals surface area contributed by atoms with Crippen LogP contribution in [0.2, 0.25) is 0 Å². The van der Waals surface area contributed by atoms with Crippen LogP contribution in [-0.4, -0.2) is 23.5 Å². The van der Waals surface area contributed by atoms with Gasteiger partial charge < -0.3 is 5.73 Å². The van der Waals surface area contributed by atoms with Crippen molar-refractivity contribution in [3.8, 4) is 0 Å². The SMILES string of the molecule is CC(N)CN(Cc1ccccc1)C1CC1.Cl. The highest BCUT2D eigenvalue weighted by Crippen LogP contribution is 2.28. The van der Waals surface area contributed by atoms with Gasteiger partial charge in [0.1, 0.15) is 0 Å². The lowest BCUT2D eigenvalue weighted by molar-refractivity contribution is 0.242. The summed E-state index contributed by atoms with van der Waals surface area (Å²) in [6.07, 6.45) is 2.69. The maximum Gasteiger partial charge on any atom is 0.0237 e. The van der Waals surface area contributed by atoms with Crippen molar-refractivity contribution in [3.63, 3.8) is 0 Å². The number of halogens is 1. The predicted molar refractivity (Wildman–Crippen MR) is 70.8 cm³/mol. The van der Waals surface area contributed by atoms with Crippen molar-refractivity contribution < 1.29 is 0 Å². The molecule has 16 heavy (non-hydrogen) atoms. The van der Waals surface area contributed by atoms with E-state index in [9.17, 15) is 0 Å². The van der Waals surface area contributed by atoms with Gasteiger partial charge in [-0.15, -0.1) is 12.4 Å². The van der Waals surface area contributed by atoms with E-state index >= 15 is 0 Å². The lowest BCUT2D eigenvalue weighted by atomic mass is 10.2. The molecule has 2 rings (SSSR count). The predicted octanol–water partition coefficient (Wildman–Crippen LogP) is 2.42. The second-order valence-electron chi connectivity index (χ2n) is 4.62. The molecule has 0 radical (unpaired) electrons. The lowest BCUT2D eigenvalue weighted by Crippen LogP contribution is -2.36. The van der Waals surface area contributed by atoms with Gasteiger partial charge in [-0.25, -0.2) is 0 Å². The largest absolute Gasteiger partial charge is 0.327 e. The smallest absolute Gasteiger partial charge is 0.0237 e. The van der Waals surface area contributed by atoms with Gasteiger partial charge in [0.05, 0.1) is 0 Å². The molecule has 90 valence electrons. The monoisotopic (exact) mass is 240 g/mol. The fourth-order valence-electron chi connectivity index (χ4n) is 1.97. The van der Waals surface area contributed by atoms with Crippen molar-refractivity contribution in [2.45, 2.75) is 38.4 Å². The average molecular weight is 241 g/mol. The van der Waals surface area contributed by atoms with Crippen LogP contribution in [0.4, 0.5) is 0 Å². The third-order valence-electron chi connectivity index (χ3n) is 2.81. The van der Waals surface area contributed by atoms with Crippen LogP contribution in [-0.2, 0) is 6.54 Å². The molecule has 0 aromatic heterocycles. The van der Waals surface area contributed by atoms with Crippen LogP contribution in [0.5, 0.6) is 0 Å². The molecule has 0 heterocycles. The average Bonchev–Trinajstić information content (AvgIpc) is 3.01. The minimum atomic E-state index is 0. The fourth-order valence-corrected chi connectivity index (χ4v) is 1.97. The Balaban J connectivity index is 0.00000128. The minimum absolute atomic E-state index is 0. The highest BCUT2D eigenvalue weighted by Gasteiger charge is 2.29. The lowest BCUT2D eigenvalue weighted by Gasteiger charge is -2.23. The van der Waals surface area contributed by atoms with Gasteiger partial charge in [-0.05, 0) is 25.3 Å². The Hall–Kier alpha value is -0.570. The molecule has 0 bridgehead atoms. The van der Waals surface area contributed by atoms with Crippen molar-refractivity contribution in [2.75, 3.05) is 6.54 Å². The summed E-state index contributed by atoms with van der Waals surface area (Å²) in [6.45, 7) is 4.15. The molecule has 2 nitrogen and oxygen atoms in total. The van der Waals surface area contributed by atoms with Gasteiger partial charge in [-0.1, -0.05) is 30.3 Å². The summed E-state index contributed by atoms with van der Waals surface area (Å²) in [7, 11) is 0. The highest BCUT2D eigenvalue weighted by atomic mass is 35.5. The first-order valence-corrected chi connectivity index (χ1v) is 5.79.